The largest absolute Gasteiger partial charge is 0.394 e. The van der Waals surface area contributed by atoms with Crippen LogP contribution in [0.1, 0.15) is 51.0 Å². The number of nitrogen functional groups attached to an aromatic ring is 1. The van der Waals surface area contributed by atoms with Crippen LogP contribution in [0.25, 0.3) is 0 Å². The third-order valence-electron chi connectivity index (χ3n) is 8.17. The second-order valence-electron chi connectivity index (χ2n) is 11.7. The number of carbonyl (C=O) groups excluding carboxylic acids is 1. The number of anilines is 3. The molecular formula is C31H40ClN5O5S2. The van der Waals surface area contributed by atoms with Crippen molar-refractivity contribution in [1.82, 2.24) is 10.3 Å². The quantitative estimate of drug-likeness (QED) is 0.250. The fraction of sp³-hybridized carbons (Fsp3) is 0.484. The monoisotopic (exact) mass is 661 g/mol. The van der Waals surface area contributed by atoms with Gasteiger partial charge in [0.25, 0.3) is 10.0 Å². The zero-order valence-electron chi connectivity index (χ0n) is 25.5. The first-order chi connectivity index (χ1) is 20.9. The SMILES string of the molecule is CCNC(=O)C1CC(Nc2nccc(N(C(CC)Cc3sccc3Cl)S(=O)(=O)c3ccc(C)cc3)c2N)C2OC(C)(C)OC12. The summed E-state index contributed by atoms with van der Waals surface area (Å²) in [6.07, 6.45) is 2.01. The molecule has 5 atom stereocenters. The van der Waals surface area contributed by atoms with Gasteiger partial charge in [0.2, 0.25) is 5.91 Å². The topological polar surface area (TPSA) is 136 Å². The lowest BCUT2D eigenvalue weighted by atomic mass is 10.0. The summed E-state index contributed by atoms with van der Waals surface area (Å²) in [7, 11) is -4.06. The number of aryl methyl sites for hydroxylation is 1. The summed E-state index contributed by atoms with van der Waals surface area (Å²) < 4.78 is 42.6. The number of thiophene rings is 1. The number of amides is 1. The number of fused-ring (bicyclic) bond motifs is 1. The van der Waals surface area contributed by atoms with Crippen LogP contribution in [-0.2, 0) is 30.7 Å². The first kappa shape index (κ1) is 32.5. The Hall–Kier alpha value is -2.90. The van der Waals surface area contributed by atoms with Gasteiger partial charge >= 0.3 is 0 Å². The summed E-state index contributed by atoms with van der Waals surface area (Å²) in [5.74, 6) is -1.08. The van der Waals surface area contributed by atoms with Gasteiger partial charge in [-0.25, -0.2) is 13.4 Å². The summed E-state index contributed by atoms with van der Waals surface area (Å²) in [5.41, 5.74) is 8.22. The number of ether oxygens (including phenoxy) is 2. The van der Waals surface area contributed by atoms with Crippen molar-refractivity contribution in [2.75, 3.05) is 21.9 Å². The standard InChI is InChI=1S/C31H40ClN5O5S2/c1-6-19(16-25-22(32)13-15-43-25)37(44(39,40)20-10-8-18(3)9-11-20)24-12-14-35-29(26(24)33)36-23-17-21(30(38)34-7-2)27-28(23)42-31(4,5)41-27/h8-15,19,21,23,27-28H,6-7,16-17,33H2,1-5H3,(H,34,38)(H,35,36). The van der Waals surface area contributed by atoms with Gasteiger partial charge in [-0.3, -0.25) is 9.10 Å². The molecule has 2 aliphatic rings. The number of hydrogen-bond donors (Lipinski definition) is 3. The molecule has 10 nitrogen and oxygen atoms in total. The molecule has 3 heterocycles. The number of nitrogens with zero attached hydrogens (tertiary/aromatic N) is 2. The summed E-state index contributed by atoms with van der Waals surface area (Å²) in [6, 6.07) is 9.37. The lowest BCUT2D eigenvalue weighted by Crippen LogP contribution is -2.42. The van der Waals surface area contributed by atoms with Crippen LogP contribution in [0.3, 0.4) is 0 Å². The molecule has 5 rings (SSSR count). The maximum Gasteiger partial charge on any atom is 0.264 e. The predicted octanol–water partition coefficient (Wildman–Crippen LogP) is 5.36. The molecule has 13 heteroatoms. The van der Waals surface area contributed by atoms with Crippen LogP contribution in [0.5, 0.6) is 0 Å². The van der Waals surface area contributed by atoms with Crippen molar-refractivity contribution >= 4 is 56.1 Å². The molecule has 4 N–H and O–H groups in total. The molecular weight excluding hydrogens is 622 g/mol. The Morgan fingerprint density at radius 3 is 2.52 bits per heavy atom. The van der Waals surface area contributed by atoms with Crippen molar-refractivity contribution in [2.45, 2.75) is 88.9 Å². The van der Waals surface area contributed by atoms with Gasteiger partial charge in [0.05, 0.1) is 39.3 Å². The van der Waals surface area contributed by atoms with Crippen molar-refractivity contribution in [1.29, 1.82) is 0 Å². The van der Waals surface area contributed by atoms with E-state index in [9.17, 15) is 13.2 Å². The zero-order valence-corrected chi connectivity index (χ0v) is 27.9. The van der Waals surface area contributed by atoms with Crippen molar-refractivity contribution < 1.29 is 22.7 Å². The average Bonchev–Trinajstić information content (AvgIpc) is 3.62. The average molecular weight is 662 g/mol. The first-order valence-corrected chi connectivity index (χ1v) is 17.5. The molecule has 1 aliphatic heterocycles. The molecule has 2 fully saturated rings. The van der Waals surface area contributed by atoms with Crippen LogP contribution in [-0.4, -0.2) is 55.9 Å². The molecule has 0 spiro atoms. The predicted molar refractivity (Wildman–Crippen MR) is 175 cm³/mol. The Labute approximate surface area is 268 Å². The van der Waals surface area contributed by atoms with E-state index in [0.29, 0.717) is 42.3 Å². The molecule has 1 saturated carbocycles. The molecule has 0 bridgehead atoms. The number of aromatic nitrogens is 1. The molecule has 1 saturated heterocycles. The third kappa shape index (κ3) is 6.41. The molecule has 1 aliphatic carbocycles. The van der Waals surface area contributed by atoms with E-state index in [1.54, 1.807) is 36.5 Å². The summed E-state index contributed by atoms with van der Waals surface area (Å²) in [5, 5.41) is 8.78. The molecule has 1 amide bonds. The fourth-order valence-electron chi connectivity index (χ4n) is 6.05. The molecule has 3 aromatic rings. The molecule has 2 aromatic heterocycles. The number of rotatable bonds is 11. The first-order valence-electron chi connectivity index (χ1n) is 14.8. The Bertz CT molecular complexity index is 1600. The van der Waals surface area contributed by atoms with E-state index in [2.05, 4.69) is 15.6 Å². The number of carbonyl (C=O) groups is 1. The normalized spacial score (nSPS) is 23.2. The second kappa shape index (κ2) is 12.8. The fourth-order valence-corrected chi connectivity index (χ4v) is 8.98. The van der Waals surface area contributed by atoms with Crippen molar-refractivity contribution in [3.8, 4) is 0 Å². The van der Waals surface area contributed by atoms with Crippen molar-refractivity contribution in [2.24, 2.45) is 5.92 Å². The van der Waals surface area contributed by atoms with Gasteiger partial charge in [-0.2, -0.15) is 0 Å². The highest BCUT2D eigenvalue weighted by atomic mass is 35.5. The van der Waals surface area contributed by atoms with Crippen LogP contribution in [0.15, 0.2) is 52.9 Å². The molecule has 238 valence electrons. The van der Waals surface area contributed by atoms with Crippen LogP contribution in [0, 0.1) is 12.8 Å². The minimum Gasteiger partial charge on any atom is -0.394 e. The Morgan fingerprint density at radius 1 is 1.18 bits per heavy atom. The van der Waals surface area contributed by atoms with Gasteiger partial charge in [0, 0.05) is 24.0 Å². The molecule has 1 aromatic carbocycles. The van der Waals surface area contributed by atoms with E-state index in [1.807, 2.05) is 46.1 Å². The van der Waals surface area contributed by atoms with Gasteiger partial charge in [0.1, 0.15) is 12.2 Å². The Morgan fingerprint density at radius 2 is 1.89 bits per heavy atom. The zero-order chi connectivity index (χ0) is 31.8. The minimum atomic E-state index is -4.06. The summed E-state index contributed by atoms with van der Waals surface area (Å²) in [4.78, 5) is 18.5. The lowest BCUT2D eigenvalue weighted by molar-refractivity contribution is -0.160. The van der Waals surface area contributed by atoms with E-state index in [4.69, 9.17) is 26.8 Å². The number of hydrogen-bond acceptors (Lipinski definition) is 9. The van der Waals surface area contributed by atoms with Gasteiger partial charge in [-0.05, 0) is 70.2 Å². The Kier molecular flexibility index (Phi) is 9.48. The Balaban J connectivity index is 1.53. The highest BCUT2D eigenvalue weighted by Gasteiger charge is 2.56. The number of halogens is 1. The summed E-state index contributed by atoms with van der Waals surface area (Å²) >= 11 is 7.95. The number of benzene rings is 1. The van der Waals surface area contributed by atoms with Crippen LogP contribution >= 0.6 is 22.9 Å². The smallest absolute Gasteiger partial charge is 0.264 e. The second-order valence-corrected chi connectivity index (χ2v) is 14.9. The molecule has 0 radical (unpaired) electrons. The highest BCUT2D eigenvalue weighted by molar-refractivity contribution is 7.92. The van der Waals surface area contributed by atoms with Crippen molar-refractivity contribution in [3.05, 3.63) is 63.4 Å². The van der Waals surface area contributed by atoms with E-state index in [0.717, 1.165) is 10.4 Å². The van der Waals surface area contributed by atoms with Gasteiger partial charge < -0.3 is 25.8 Å². The van der Waals surface area contributed by atoms with Gasteiger partial charge in [0.15, 0.2) is 11.6 Å². The minimum absolute atomic E-state index is 0.101. The lowest BCUT2D eigenvalue weighted by Gasteiger charge is -2.34. The van der Waals surface area contributed by atoms with Crippen molar-refractivity contribution in [3.63, 3.8) is 0 Å². The third-order valence-corrected chi connectivity index (χ3v) is 11.5. The number of nitrogens with two attached hydrogens (primary N) is 1. The molecule has 44 heavy (non-hydrogen) atoms. The number of sulfonamides is 1. The van der Waals surface area contributed by atoms with Crippen LogP contribution in [0.2, 0.25) is 5.02 Å². The van der Waals surface area contributed by atoms with Crippen LogP contribution in [0.4, 0.5) is 17.2 Å². The van der Waals surface area contributed by atoms with Gasteiger partial charge in [-0.15, -0.1) is 11.3 Å². The van der Waals surface area contributed by atoms with E-state index >= 15 is 0 Å². The maximum absolute atomic E-state index is 14.4. The van der Waals surface area contributed by atoms with E-state index in [-0.39, 0.29) is 22.5 Å². The summed E-state index contributed by atoms with van der Waals surface area (Å²) in [6.45, 7) is 9.88. The van der Waals surface area contributed by atoms with Gasteiger partial charge in [-0.1, -0.05) is 36.2 Å². The highest BCUT2D eigenvalue weighted by Crippen LogP contribution is 2.44. The van der Waals surface area contributed by atoms with Crippen LogP contribution < -0.4 is 20.7 Å². The van der Waals surface area contributed by atoms with E-state index in [1.165, 1.54) is 15.6 Å². The maximum atomic E-state index is 14.4. The molecule has 5 unspecified atom stereocenters. The number of pyridine rings is 1. The van der Waals surface area contributed by atoms with E-state index < -0.39 is 40.0 Å². The number of nitrogens with one attached hydrogen (secondary N) is 2.